The monoisotopic (exact) mass is 434 g/mol. The number of methoxy groups -OCH3 is 1. The van der Waals surface area contributed by atoms with Gasteiger partial charge in [0.15, 0.2) is 11.5 Å². The van der Waals surface area contributed by atoms with Crippen LogP contribution in [0.1, 0.15) is 23.6 Å². The van der Waals surface area contributed by atoms with Gasteiger partial charge in [-0.1, -0.05) is 6.07 Å². The molecule has 1 amide bonds. The molecule has 1 aromatic carbocycles. The Hall–Kier alpha value is -4.14. The van der Waals surface area contributed by atoms with Gasteiger partial charge < -0.3 is 24.4 Å². The number of pyridine rings is 1. The number of amides is 1. The molecule has 4 rings (SSSR count). The van der Waals surface area contributed by atoms with Gasteiger partial charge in [0.25, 0.3) is 11.7 Å². The van der Waals surface area contributed by atoms with Gasteiger partial charge in [0.2, 0.25) is 0 Å². The van der Waals surface area contributed by atoms with E-state index in [1.807, 2.05) is 10.8 Å². The zero-order valence-corrected chi connectivity index (χ0v) is 17.4. The highest BCUT2D eigenvalue weighted by Gasteiger charge is 2.46. The molecule has 3 heterocycles. The predicted octanol–water partition coefficient (Wildman–Crippen LogP) is 2.50. The Morgan fingerprint density at radius 3 is 2.56 bits per heavy atom. The molecule has 1 aliphatic rings. The van der Waals surface area contributed by atoms with Crippen molar-refractivity contribution in [2.45, 2.75) is 19.0 Å². The van der Waals surface area contributed by atoms with Crippen LogP contribution in [0, 0.1) is 0 Å². The largest absolute Gasteiger partial charge is 0.507 e. The summed E-state index contributed by atoms with van der Waals surface area (Å²) in [5.74, 6) is -1.60. The van der Waals surface area contributed by atoms with Gasteiger partial charge in [-0.05, 0) is 36.2 Å². The second-order valence-corrected chi connectivity index (χ2v) is 7.31. The van der Waals surface area contributed by atoms with Crippen molar-refractivity contribution in [3.8, 4) is 11.5 Å². The minimum absolute atomic E-state index is 0.0171. The summed E-state index contributed by atoms with van der Waals surface area (Å²) in [6, 6.07) is 6.91. The molecular weight excluding hydrogens is 412 g/mol. The number of Topliss-reactive ketones (excluding diaryl/α,β-unsaturated/α-hetero) is 1. The molecule has 1 unspecified atom stereocenters. The highest BCUT2D eigenvalue weighted by atomic mass is 16.5. The molecule has 1 fully saturated rings. The lowest BCUT2D eigenvalue weighted by atomic mass is 9.95. The third kappa shape index (κ3) is 3.92. The number of carbonyl (C=O) groups is 2. The van der Waals surface area contributed by atoms with E-state index in [9.17, 15) is 19.8 Å². The number of nitrogens with zero attached hydrogens (tertiary/aromatic N) is 4. The first-order valence-electron chi connectivity index (χ1n) is 10.0. The molecule has 1 atom stereocenters. The van der Waals surface area contributed by atoms with Crippen LogP contribution in [0.25, 0.3) is 5.76 Å². The lowest BCUT2D eigenvalue weighted by Crippen LogP contribution is -2.31. The molecule has 2 aromatic heterocycles. The minimum Gasteiger partial charge on any atom is -0.507 e. The van der Waals surface area contributed by atoms with Crippen LogP contribution in [0.15, 0.2) is 67.0 Å². The number of ketones is 1. The molecule has 1 aliphatic heterocycles. The normalized spacial score (nSPS) is 17.7. The molecule has 9 heteroatoms. The number of aryl methyl sites for hydroxylation is 1. The number of likely N-dealkylation sites (tertiary alicyclic amines) is 1. The smallest absolute Gasteiger partial charge is 0.295 e. The molecule has 164 valence electrons. The number of phenols is 1. The summed E-state index contributed by atoms with van der Waals surface area (Å²) in [6.07, 6.45) is 8.73. The van der Waals surface area contributed by atoms with Crippen molar-refractivity contribution >= 4 is 17.4 Å². The molecular formula is C23H22N4O5. The number of aromatic nitrogens is 3. The lowest BCUT2D eigenvalue weighted by Gasteiger charge is -2.26. The van der Waals surface area contributed by atoms with E-state index in [1.54, 1.807) is 36.8 Å². The van der Waals surface area contributed by atoms with E-state index in [0.717, 1.165) is 0 Å². The minimum atomic E-state index is -0.833. The van der Waals surface area contributed by atoms with Crippen LogP contribution >= 0.6 is 0 Å². The van der Waals surface area contributed by atoms with Crippen molar-refractivity contribution in [1.82, 2.24) is 19.4 Å². The number of benzene rings is 1. The number of aliphatic hydroxyl groups excluding tert-OH is 1. The van der Waals surface area contributed by atoms with Gasteiger partial charge in [-0.15, -0.1) is 0 Å². The van der Waals surface area contributed by atoms with E-state index in [-0.39, 0.29) is 29.4 Å². The third-order valence-electron chi connectivity index (χ3n) is 5.39. The Morgan fingerprint density at radius 2 is 1.88 bits per heavy atom. The second kappa shape index (κ2) is 8.93. The predicted molar refractivity (Wildman–Crippen MR) is 115 cm³/mol. The standard InChI is InChI=1S/C23H22N4O5/c1-32-18-13-16(3-4-17(18)28)20-19(21(29)15-5-7-24-8-6-15)22(30)23(31)27(20)11-2-10-26-12-9-25-14-26/h3-9,12-14,20,28-29H,2,10-11H2,1H3/b21-19+. The Labute approximate surface area is 184 Å². The fourth-order valence-corrected chi connectivity index (χ4v) is 3.83. The van der Waals surface area contributed by atoms with Crippen LogP contribution in [0.5, 0.6) is 11.5 Å². The van der Waals surface area contributed by atoms with E-state index in [1.165, 1.54) is 30.5 Å². The number of ether oxygens (including phenoxy) is 1. The third-order valence-corrected chi connectivity index (χ3v) is 5.39. The number of carbonyl (C=O) groups excluding carboxylic acids is 2. The lowest BCUT2D eigenvalue weighted by molar-refractivity contribution is -0.139. The Balaban J connectivity index is 1.76. The first-order valence-corrected chi connectivity index (χ1v) is 10.0. The average Bonchev–Trinajstić information content (AvgIpc) is 3.42. The zero-order valence-electron chi connectivity index (χ0n) is 17.4. The highest BCUT2D eigenvalue weighted by molar-refractivity contribution is 6.46. The Morgan fingerprint density at radius 1 is 1.09 bits per heavy atom. The number of hydrogen-bond donors (Lipinski definition) is 2. The van der Waals surface area contributed by atoms with Gasteiger partial charge in [0.05, 0.1) is 25.1 Å². The second-order valence-electron chi connectivity index (χ2n) is 7.31. The first kappa shape index (κ1) is 21.1. The zero-order chi connectivity index (χ0) is 22.7. The van der Waals surface area contributed by atoms with Crippen molar-refractivity contribution in [2.75, 3.05) is 13.7 Å². The summed E-state index contributed by atoms with van der Waals surface area (Å²) < 4.78 is 7.09. The van der Waals surface area contributed by atoms with E-state index in [2.05, 4.69) is 9.97 Å². The van der Waals surface area contributed by atoms with Crippen LogP contribution in [-0.4, -0.2) is 55.0 Å². The average molecular weight is 434 g/mol. The molecule has 3 aromatic rings. The van der Waals surface area contributed by atoms with Crippen molar-refractivity contribution in [3.05, 3.63) is 78.1 Å². The highest BCUT2D eigenvalue weighted by Crippen LogP contribution is 2.41. The quantitative estimate of drug-likeness (QED) is 0.333. The van der Waals surface area contributed by atoms with Crippen LogP contribution < -0.4 is 4.74 Å². The van der Waals surface area contributed by atoms with Crippen LogP contribution in [0.4, 0.5) is 0 Å². The number of hydrogen-bond acceptors (Lipinski definition) is 7. The number of aromatic hydroxyl groups is 1. The van der Waals surface area contributed by atoms with Gasteiger partial charge in [-0.2, -0.15) is 0 Å². The van der Waals surface area contributed by atoms with Crippen molar-refractivity contribution < 1.29 is 24.5 Å². The Bertz CT molecular complexity index is 1160. The number of phenolic OH excluding ortho intramolecular Hbond substituents is 1. The maximum atomic E-state index is 13.0. The molecule has 0 radical (unpaired) electrons. The fraction of sp³-hybridized carbons (Fsp3) is 0.217. The van der Waals surface area contributed by atoms with E-state index in [4.69, 9.17) is 4.74 Å². The summed E-state index contributed by atoms with van der Waals surface area (Å²) in [7, 11) is 1.41. The van der Waals surface area contributed by atoms with Crippen LogP contribution in [0.3, 0.4) is 0 Å². The topological polar surface area (TPSA) is 118 Å². The van der Waals surface area contributed by atoms with Crippen LogP contribution in [-0.2, 0) is 16.1 Å². The molecule has 32 heavy (non-hydrogen) atoms. The summed E-state index contributed by atoms with van der Waals surface area (Å²) in [4.78, 5) is 35.4. The maximum Gasteiger partial charge on any atom is 0.295 e. The van der Waals surface area contributed by atoms with Crippen molar-refractivity contribution in [3.63, 3.8) is 0 Å². The molecule has 2 N–H and O–H groups in total. The summed E-state index contributed by atoms with van der Waals surface area (Å²) in [6.45, 7) is 0.892. The number of imidazole rings is 1. The first-order chi connectivity index (χ1) is 15.5. The number of rotatable bonds is 7. The van der Waals surface area contributed by atoms with Gasteiger partial charge in [-0.3, -0.25) is 14.6 Å². The maximum absolute atomic E-state index is 13.0. The van der Waals surface area contributed by atoms with Gasteiger partial charge in [0, 0.05) is 43.4 Å². The van der Waals surface area contributed by atoms with Crippen molar-refractivity contribution in [1.29, 1.82) is 0 Å². The van der Waals surface area contributed by atoms with Gasteiger partial charge in [-0.25, -0.2) is 4.98 Å². The number of aliphatic hydroxyl groups is 1. The van der Waals surface area contributed by atoms with Gasteiger partial charge in [0.1, 0.15) is 5.76 Å². The molecule has 9 nitrogen and oxygen atoms in total. The van der Waals surface area contributed by atoms with E-state index in [0.29, 0.717) is 24.1 Å². The summed E-state index contributed by atoms with van der Waals surface area (Å²) in [5, 5.41) is 21.0. The van der Waals surface area contributed by atoms with Crippen molar-refractivity contribution in [2.24, 2.45) is 0 Å². The summed E-state index contributed by atoms with van der Waals surface area (Å²) in [5.41, 5.74) is 0.904. The molecule has 1 saturated heterocycles. The molecule has 0 saturated carbocycles. The molecule has 0 spiro atoms. The SMILES string of the molecule is COc1cc(C2/C(=C(\O)c3ccncc3)C(=O)C(=O)N2CCCn2ccnc2)ccc1O. The Kier molecular flexibility index (Phi) is 5.89. The fourth-order valence-electron chi connectivity index (χ4n) is 3.83. The van der Waals surface area contributed by atoms with E-state index >= 15 is 0 Å². The summed E-state index contributed by atoms with van der Waals surface area (Å²) >= 11 is 0. The molecule has 0 bridgehead atoms. The van der Waals surface area contributed by atoms with Gasteiger partial charge >= 0.3 is 0 Å². The van der Waals surface area contributed by atoms with E-state index < -0.39 is 17.7 Å². The van der Waals surface area contributed by atoms with Crippen LogP contribution in [0.2, 0.25) is 0 Å². The molecule has 0 aliphatic carbocycles.